The molecule has 0 saturated carbocycles. The van der Waals surface area contributed by atoms with Crippen LogP contribution in [0.1, 0.15) is 75.9 Å². The van der Waals surface area contributed by atoms with Crippen molar-refractivity contribution in [2.24, 2.45) is 12.5 Å². The highest BCUT2D eigenvalue weighted by Crippen LogP contribution is 2.41. The molecule has 1 N–H and O–H groups in total. The summed E-state index contributed by atoms with van der Waals surface area (Å²) in [7, 11) is -1.78. The van der Waals surface area contributed by atoms with E-state index in [1.807, 2.05) is 33.0 Å². The molecule has 4 bridgehead atoms. The molecule has 0 aliphatic carbocycles. The van der Waals surface area contributed by atoms with Gasteiger partial charge in [0.05, 0.1) is 33.9 Å². The predicted octanol–water partition coefficient (Wildman–Crippen LogP) is 7.76. The van der Waals surface area contributed by atoms with Crippen LogP contribution in [-0.4, -0.2) is 57.2 Å². The highest BCUT2D eigenvalue weighted by molar-refractivity contribution is 7.99. The Labute approximate surface area is 301 Å². The van der Waals surface area contributed by atoms with E-state index in [9.17, 15) is 13.2 Å². The van der Waals surface area contributed by atoms with Gasteiger partial charge in [0.2, 0.25) is 0 Å². The summed E-state index contributed by atoms with van der Waals surface area (Å²) in [5, 5.41) is 5.38. The van der Waals surface area contributed by atoms with Gasteiger partial charge in [-0.15, -0.1) is 0 Å². The Morgan fingerprint density at radius 1 is 1.10 bits per heavy atom. The average molecular weight is 736 g/mol. The Morgan fingerprint density at radius 2 is 1.90 bits per heavy atom. The number of carbonyl (C=O) groups excluding carboxylic acids is 1. The van der Waals surface area contributed by atoms with Crippen LogP contribution in [0.15, 0.2) is 64.6 Å². The molecule has 3 aromatic heterocycles. The van der Waals surface area contributed by atoms with Gasteiger partial charge in [0, 0.05) is 36.6 Å². The topological polar surface area (TPSA) is 120 Å². The predicted molar refractivity (Wildman–Crippen MR) is 194 cm³/mol. The van der Waals surface area contributed by atoms with E-state index < -0.39 is 32.3 Å². The van der Waals surface area contributed by atoms with Crippen LogP contribution in [0.3, 0.4) is 0 Å². The zero-order chi connectivity index (χ0) is 36.6. The van der Waals surface area contributed by atoms with Gasteiger partial charge < -0.3 is 9.72 Å². The molecule has 0 radical (unpaired) electrons. The second kappa shape index (κ2) is 14.5. The molecule has 13 heteroatoms. The molecular weight excluding hydrogens is 693 g/mol. The van der Waals surface area contributed by atoms with Gasteiger partial charge in [-0.2, -0.15) is 5.10 Å². The Hall–Kier alpha value is -4.10. The molecule has 6 rings (SSSR count). The number of aryl methyl sites for hydroxylation is 3. The molecule has 51 heavy (non-hydrogen) atoms. The minimum Gasteiger partial charge on any atom is -0.466 e. The van der Waals surface area contributed by atoms with Crippen LogP contribution in [0.4, 0.5) is 8.78 Å². The number of hydrogen-bond donors (Lipinski definition) is 1. The second-order valence-corrected chi connectivity index (χ2v) is 17.7. The Morgan fingerprint density at radius 3 is 2.69 bits per heavy atom. The van der Waals surface area contributed by atoms with E-state index in [0.717, 1.165) is 29.3 Å². The van der Waals surface area contributed by atoms with E-state index in [4.69, 9.17) is 14.8 Å². The van der Waals surface area contributed by atoms with Gasteiger partial charge in [0.1, 0.15) is 5.69 Å². The second-order valence-electron chi connectivity index (χ2n) is 14.4. The minimum absolute atomic E-state index is 0.0179. The first-order valence-corrected chi connectivity index (χ1v) is 19.8. The number of halogens is 2. The van der Waals surface area contributed by atoms with Crippen LogP contribution >= 0.6 is 11.8 Å². The summed E-state index contributed by atoms with van der Waals surface area (Å²) in [6.45, 7) is 7.78. The van der Waals surface area contributed by atoms with Crippen molar-refractivity contribution in [3.05, 3.63) is 89.0 Å². The maximum atomic E-state index is 15.8. The van der Waals surface area contributed by atoms with Crippen LogP contribution in [0, 0.1) is 17.0 Å². The summed E-state index contributed by atoms with van der Waals surface area (Å²) in [5.41, 5.74) is 1.89. The summed E-state index contributed by atoms with van der Waals surface area (Å²) >= 11 is 1.04. The number of carbonyl (C=O) groups is 1. The average Bonchev–Trinajstić information content (AvgIpc) is 3.72. The van der Waals surface area contributed by atoms with Gasteiger partial charge in [-0.25, -0.2) is 26.9 Å². The summed E-state index contributed by atoms with van der Waals surface area (Å²) in [5.74, 6) is -1.46. The molecule has 9 nitrogen and oxygen atoms in total. The Kier molecular flexibility index (Phi) is 10.4. The molecule has 0 unspecified atom stereocenters. The lowest BCUT2D eigenvalue weighted by molar-refractivity contribution is -0.141. The van der Waals surface area contributed by atoms with Crippen molar-refractivity contribution >= 4 is 38.5 Å². The maximum absolute atomic E-state index is 15.8. The smallest absolute Gasteiger partial charge is 0.302 e. The largest absolute Gasteiger partial charge is 0.466 e. The van der Waals surface area contributed by atoms with E-state index in [1.165, 1.54) is 13.1 Å². The SMILES string of the molecule is CC(=O)OCCCc1cccc([C@@]2(C)CCCC(C)(C)CS(=O)(=O)CCc3c(c(F)c(F)c4[nH]ccc34)Sc3ccnc(c3)-c3nc2nn3C)c1. The van der Waals surface area contributed by atoms with Crippen LogP contribution in [0.2, 0.25) is 0 Å². The maximum Gasteiger partial charge on any atom is 0.302 e. The van der Waals surface area contributed by atoms with Gasteiger partial charge in [0.25, 0.3) is 0 Å². The van der Waals surface area contributed by atoms with E-state index in [-0.39, 0.29) is 34.3 Å². The molecule has 270 valence electrons. The summed E-state index contributed by atoms with van der Waals surface area (Å²) in [6, 6.07) is 13.4. The van der Waals surface area contributed by atoms with Gasteiger partial charge >= 0.3 is 5.97 Å². The van der Waals surface area contributed by atoms with Gasteiger partial charge in [-0.05, 0) is 79.3 Å². The fraction of sp³-hybridized carbons (Fsp3) is 0.421. The van der Waals surface area contributed by atoms with Crippen LogP contribution in [-0.2, 0) is 44.7 Å². The van der Waals surface area contributed by atoms with Crippen LogP contribution < -0.4 is 0 Å². The van der Waals surface area contributed by atoms with Gasteiger partial charge in [-0.1, -0.05) is 56.3 Å². The summed E-state index contributed by atoms with van der Waals surface area (Å²) in [6.07, 6.45) is 6.56. The molecule has 0 fully saturated rings. The molecule has 1 aliphatic rings. The number of aromatic nitrogens is 5. The number of benzene rings is 2. The Balaban J connectivity index is 1.44. The van der Waals surface area contributed by atoms with Crippen LogP contribution in [0.25, 0.3) is 22.4 Å². The van der Waals surface area contributed by atoms with Gasteiger partial charge in [0.15, 0.2) is 33.1 Å². The fourth-order valence-electron chi connectivity index (χ4n) is 7.04. The number of ether oxygens (including phenoxy) is 1. The molecule has 0 spiro atoms. The number of H-pyrrole nitrogens is 1. The first-order valence-electron chi connectivity index (χ1n) is 17.1. The quantitative estimate of drug-likeness (QED) is 0.144. The van der Waals surface area contributed by atoms with Crippen molar-refractivity contribution in [2.45, 2.75) is 81.4 Å². The van der Waals surface area contributed by atoms with Crippen molar-refractivity contribution in [1.29, 1.82) is 0 Å². The molecule has 0 amide bonds. The van der Waals surface area contributed by atoms with Crippen LogP contribution in [0.5, 0.6) is 0 Å². The number of rotatable bonds is 5. The number of hydrogen-bond acceptors (Lipinski definition) is 8. The zero-order valence-corrected chi connectivity index (χ0v) is 31.2. The van der Waals surface area contributed by atoms with Crippen molar-refractivity contribution in [3.63, 3.8) is 0 Å². The monoisotopic (exact) mass is 735 g/mol. The number of aromatic amines is 1. The zero-order valence-electron chi connectivity index (χ0n) is 29.6. The normalized spacial score (nSPS) is 19.2. The Bertz CT molecular complexity index is 2200. The first kappa shape index (κ1) is 36.7. The van der Waals surface area contributed by atoms with Crippen molar-refractivity contribution in [3.8, 4) is 11.5 Å². The highest BCUT2D eigenvalue weighted by atomic mass is 32.2. The fourth-order valence-corrected chi connectivity index (χ4v) is 10.1. The van der Waals surface area contributed by atoms with Crippen molar-refractivity contribution < 1.29 is 26.7 Å². The molecule has 4 heterocycles. The van der Waals surface area contributed by atoms with Crippen molar-refractivity contribution in [2.75, 3.05) is 18.1 Å². The molecule has 0 saturated heterocycles. The number of pyridine rings is 1. The molecule has 2 aromatic carbocycles. The van der Waals surface area contributed by atoms with E-state index in [0.29, 0.717) is 65.5 Å². The number of sulfone groups is 1. The van der Waals surface area contributed by atoms with Crippen molar-refractivity contribution in [1.82, 2.24) is 24.7 Å². The summed E-state index contributed by atoms with van der Waals surface area (Å²) < 4.78 is 65.3. The molecule has 1 atom stereocenters. The number of esters is 1. The lowest BCUT2D eigenvalue weighted by atomic mass is 9.75. The third-order valence-electron chi connectivity index (χ3n) is 9.68. The molecule has 1 aliphatic heterocycles. The van der Waals surface area contributed by atoms with Gasteiger partial charge in [-0.3, -0.25) is 9.78 Å². The van der Waals surface area contributed by atoms with E-state index in [1.54, 1.807) is 29.1 Å². The summed E-state index contributed by atoms with van der Waals surface area (Å²) in [4.78, 5) is 24.3. The standard InChI is InChI=1S/C38H43F2N5O4S2/c1-24(46)49-19-7-10-25-9-6-11-26(21-25)38(4)16-8-15-37(2,3)23-51(47,48)20-14-29-28-13-18-42-33(28)31(39)32(40)34(29)50-27-12-17-41-30(22-27)35-43-36(38)44-45(35)5/h6,9,11-13,17-18,21-22,42H,7-8,10,14-16,19-20,23H2,1-5H3/t38-/m1/s1. The molecular formula is C38H43F2N5O4S2. The van der Waals surface area contributed by atoms with E-state index >= 15 is 8.78 Å². The minimum atomic E-state index is -3.59. The number of nitrogens with zero attached hydrogens (tertiary/aromatic N) is 4. The molecule has 5 aromatic rings. The lowest BCUT2D eigenvalue weighted by Gasteiger charge is -2.30. The number of fused-ring (bicyclic) bond motifs is 8. The highest BCUT2D eigenvalue weighted by Gasteiger charge is 2.36. The van der Waals surface area contributed by atoms with E-state index in [2.05, 4.69) is 29.0 Å². The number of nitrogens with one attached hydrogen (secondary N) is 1. The first-order chi connectivity index (χ1) is 24.2. The third-order valence-corrected chi connectivity index (χ3v) is 12.8. The third kappa shape index (κ3) is 8.04. The lowest BCUT2D eigenvalue weighted by Crippen LogP contribution is -2.29.